The number of benzene rings is 2. The number of nitrogens with zero attached hydrogens (tertiary/aromatic N) is 3. The Morgan fingerprint density at radius 3 is 2.43 bits per heavy atom. The Morgan fingerprint density at radius 2 is 1.70 bits per heavy atom. The van der Waals surface area contributed by atoms with Crippen LogP contribution in [0.3, 0.4) is 0 Å². The Morgan fingerprint density at radius 1 is 0.957 bits per heavy atom. The third-order valence-electron chi connectivity index (χ3n) is 3.84. The van der Waals surface area contributed by atoms with E-state index in [0.717, 1.165) is 11.1 Å². The lowest BCUT2D eigenvalue weighted by Crippen LogP contribution is -2.08. The van der Waals surface area contributed by atoms with Crippen LogP contribution in [0.5, 0.6) is 11.5 Å². The van der Waals surface area contributed by atoms with Crippen molar-refractivity contribution in [3.8, 4) is 34.3 Å². The minimum absolute atomic E-state index is 0.158. The van der Waals surface area contributed by atoms with Gasteiger partial charge in [0.1, 0.15) is 0 Å². The summed E-state index contributed by atoms with van der Waals surface area (Å²) in [6.45, 7) is 0. The van der Waals surface area contributed by atoms with Crippen molar-refractivity contribution >= 4 is 5.91 Å². The van der Waals surface area contributed by atoms with Gasteiger partial charge >= 0.3 is 0 Å². The molecule has 0 radical (unpaired) electrons. The lowest BCUT2D eigenvalue weighted by Gasteiger charge is -2.07. The van der Waals surface area contributed by atoms with Crippen LogP contribution in [0.2, 0.25) is 0 Å². The Kier molecular flexibility index (Phi) is 2.90. The topological polar surface area (TPSA) is 66.2 Å². The standard InChI is InChI=1S/C17H13N3O3/c1-22-13-8-7-10(9-14(13)23-2)15-18-16-11-5-3-4-6-12(11)17(21)20(16)19-15/h3-9H,1-2H3. The van der Waals surface area contributed by atoms with E-state index in [2.05, 4.69) is 10.1 Å². The van der Waals surface area contributed by atoms with Crippen molar-refractivity contribution in [2.45, 2.75) is 0 Å². The summed E-state index contributed by atoms with van der Waals surface area (Å²) in [7, 11) is 3.15. The van der Waals surface area contributed by atoms with E-state index in [4.69, 9.17) is 9.47 Å². The smallest absolute Gasteiger partial charge is 0.280 e. The molecule has 1 aliphatic heterocycles. The highest BCUT2D eigenvalue weighted by Gasteiger charge is 2.30. The largest absolute Gasteiger partial charge is 0.493 e. The van der Waals surface area contributed by atoms with Crippen LogP contribution in [0.15, 0.2) is 42.5 Å². The Balaban J connectivity index is 1.83. The molecule has 0 unspecified atom stereocenters. The molecule has 0 atom stereocenters. The number of rotatable bonds is 3. The quantitative estimate of drug-likeness (QED) is 0.582. The molecular formula is C17H13N3O3. The van der Waals surface area contributed by atoms with Gasteiger partial charge in [0.25, 0.3) is 5.91 Å². The molecule has 2 aromatic carbocycles. The average molecular weight is 307 g/mol. The van der Waals surface area contributed by atoms with E-state index >= 15 is 0 Å². The summed E-state index contributed by atoms with van der Waals surface area (Å²) in [5.41, 5.74) is 2.19. The molecule has 114 valence electrons. The van der Waals surface area contributed by atoms with Gasteiger partial charge in [-0.3, -0.25) is 4.79 Å². The van der Waals surface area contributed by atoms with Gasteiger partial charge in [-0.1, -0.05) is 18.2 Å². The van der Waals surface area contributed by atoms with E-state index in [1.54, 1.807) is 32.4 Å². The maximum Gasteiger partial charge on any atom is 0.280 e. The molecule has 1 aromatic heterocycles. The van der Waals surface area contributed by atoms with Gasteiger partial charge in [0, 0.05) is 11.1 Å². The number of carbonyl (C=O) groups is 1. The number of methoxy groups -OCH3 is 2. The minimum Gasteiger partial charge on any atom is -0.493 e. The molecule has 0 aliphatic carbocycles. The van der Waals surface area contributed by atoms with Crippen molar-refractivity contribution in [3.63, 3.8) is 0 Å². The van der Waals surface area contributed by atoms with E-state index < -0.39 is 0 Å². The second-order valence-electron chi connectivity index (χ2n) is 5.09. The van der Waals surface area contributed by atoms with Crippen molar-refractivity contribution in [2.24, 2.45) is 0 Å². The lowest BCUT2D eigenvalue weighted by molar-refractivity contribution is 0.0955. The molecule has 0 spiro atoms. The molecule has 0 bridgehead atoms. The van der Waals surface area contributed by atoms with Gasteiger partial charge in [0.2, 0.25) is 0 Å². The van der Waals surface area contributed by atoms with E-state index in [1.807, 2.05) is 24.3 Å². The highest BCUT2D eigenvalue weighted by Crippen LogP contribution is 2.34. The fourth-order valence-corrected chi connectivity index (χ4v) is 2.70. The lowest BCUT2D eigenvalue weighted by atomic mass is 10.1. The maximum absolute atomic E-state index is 12.4. The van der Waals surface area contributed by atoms with Crippen LogP contribution < -0.4 is 9.47 Å². The SMILES string of the molecule is COc1ccc(-c2nc3n(n2)C(=O)c2ccccc2-3)cc1OC. The molecule has 0 amide bonds. The van der Waals surface area contributed by atoms with Crippen molar-refractivity contribution in [1.29, 1.82) is 0 Å². The summed E-state index contributed by atoms with van der Waals surface area (Å²) in [6, 6.07) is 12.8. The van der Waals surface area contributed by atoms with E-state index in [9.17, 15) is 4.79 Å². The third kappa shape index (κ3) is 1.92. The Bertz CT molecular complexity index is 931. The van der Waals surface area contributed by atoms with Crippen LogP contribution in [-0.2, 0) is 0 Å². The number of hydrogen-bond donors (Lipinski definition) is 0. The fourth-order valence-electron chi connectivity index (χ4n) is 2.70. The molecule has 23 heavy (non-hydrogen) atoms. The summed E-state index contributed by atoms with van der Waals surface area (Å²) in [4.78, 5) is 16.9. The molecule has 1 aliphatic rings. The molecule has 0 fully saturated rings. The van der Waals surface area contributed by atoms with Gasteiger partial charge in [-0.05, 0) is 24.3 Å². The van der Waals surface area contributed by atoms with Gasteiger partial charge in [-0.2, -0.15) is 4.68 Å². The molecule has 3 aromatic rings. The van der Waals surface area contributed by atoms with Gasteiger partial charge < -0.3 is 9.47 Å². The van der Waals surface area contributed by atoms with Gasteiger partial charge in [0.05, 0.1) is 19.8 Å². The van der Waals surface area contributed by atoms with E-state index in [-0.39, 0.29) is 5.91 Å². The molecule has 6 nitrogen and oxygen atoms in total. The highest BCUT2D eigenvalue weighted by molar-refractivity contribution is 6.07. The Labute approximate surface area is 132 Å². The van der Waals surface area contributed by atoms with Crippen LogP contribution in [0, 0.1) is 0 Å². The molecule has 2 heterocycles. The van der Waals surface area contributed by atoms with Crippen LogP contribution in [0.4, 0.5) is 0 Å². The monoisotopic (exact) mass is 307 g/mol. The summed E-state index contributed by atoms with van der Waals surface area (Å²) in [6.07, 6.45) is 0. The third-order valence-corrected chi connectivity index (χ3v) is 3.84. The predicted molar refractivity (Wildman–Crippen MR) is 83.7 cm³/mol. The van der Waals surface area contributed by atoms with Crippen molar-refractivity contribution in [3.05, 3.63) is 48.0 Å². The van der Waals surface area contributed by atoms with Crippen LogP contribution >= 0.6 is 0 Å². The van der Waals surface area contributed by atoms with Gasteiger partial charge in [-0.15, -0.1) is 5.10 Å². The number of fused-ring (bicyclic) bond motifs is 3. The normalized spacial score (nSPS) is 12.0. The minimum atomic E-state index is -0.158. The first-order chi connectivity index (χ1) is 11.2. The second kappa shape index (κ2) is 4.95. The molecule has 0 saturated carbocycles. The second-order valence-corrected chi connectivity index (χ2v) is 5.09. The van der Waals surface area contributed by atoms with Crippen LogP contribution in [0.25, 0.3) is 22.8 Å². The van der Waals surface area contributed by atoms with Crippen LogP contribution in [-0.4, -0.2) is 34.9 Å². The first-order valence-electron chi connectivity index (χ1n) is 7.06. The Hall–Kier alpha value is -3.15. The van der Waals surface area contributed by atoms with Gasteiger partial charge in [-0.25, -0.2) is 4.98 Å². The number of hydrogen-bond acceptors (Lipinski definition) is 5. The zero-order valence-corrected chi connectivity index (χ0v) is 12.6. The molecule has 0 N–H and O–H groups in total. The molecule has 4 rings (SSSR count). The van der Waals surface area contributed by atoms with Crippen molar-refractivity contribution in [1.82, 2.24) is 14.8 Å². The van der Waals surface area contributed by atoms with Gasteiger partial charge in [0.15, 0.2) is 23.1 Å². The first-order valence-corrected chi connectivity index (χ1v) is 7.06. The number of aromatic nitrogens is 3. The van der Waals surface area contributed by atoms with E-state index in [1.165, 1.54) is 4.68 Å². The summed E-state index contributed by atoms with van der Waals surface area (Å²) < 4.78 is 11.9. The fraction of sp³-hybridized carbons (Fsp3) is 0.118. The maximum atomic E-state index is 12.4. The van der Waals surface area contributed by atoms with E-state index in [0.29, 0.717) is 28.7 Å². The summed E-state index contributed by atoms with van der Waals surface area (Å²) >= 11 is 0. The number of carbonyl (C=O) groups excluding carboxylic acids is 1. The average Bonchev–Trinajstić information content (AvgIpc) is 3.14. The number of ether oxygens (including phenoxy) is 2. The zero-order valence-electron chi connectivity index (χ0n) is 12.6. The van der Waals surface area contributed by atoms with Crippen molar-refractivity contribution in [2.75, 3.05) is 14.2 Å². The summed E-state index contributed by atoms with van der Waals surface area (Å²) in [5, 5.41) is 4.35. The van der Waals surface area contributed by atoms with Crippen molar-refractivity contribution < 1.29 is 14.3 Å². The first kappa shape index (κ1) is 13.5. The predicted octanol–water partition coefficient (Wildman–Crippen LogP) is 2.63. The zero-order chi connectivity index (χ0) is 16.0. The highest BCUT2D eigenvalue weighted by atomic mass is 16.5. The molecule has 6 heteroatoms. The summed E-state index contributed by atoms with van der Waals surface area (Å²) in [5.74, 6) is 2.10. The van der Waals surface area contributed by atoms with Crippen LogP contribution in [0.1, 0.15) is 10.4 Å². The molecule has 0 saturated heterocycles. The molecular weight excluding hydrogens is 294 g/mol.